The first-order valence-corrected chi connectivity index (χ1v) is 12.3. The Balaban J connectivity index is 5.26. The molecule has 0 aromatic heterocycles. The Morgan fingerprint density at radius 2 is 1.53 bits per heavy atom. The lowest BCUT2D eigenvalue weighted by Crippen LogP contribution is -2.60. The van der Waals surface area contributed by atoms with Crippen LogP contribution in [0.15, 0.2) is 4.99 Å². The van der Waals surface area contributed by atoms with Gasteiger partial charge >= 0.3 is 5.97 Å². The van der Waals surface area contributed by atoms with Crippen molar-refractivity contribution in [1.82, 2.24) is 16.0 Å². The molecule has 3 amide bonds. The molecule has 0 heterocycles. The maximum absolute atomic E-state index is 12.8. The Hall–Kier alpha value is -2.58. The molecule has 0 saturated heterocycles. The summed E-state index contributed by atoms with van der Waals surface area (Å²) >= 11 is 1.44. The van der Waals surface area contributed by atoms with E-state index in [9.17, 15) is 29.4 Å². The monoisotopic (exact) mass is 505 g/mol. The number of amides is 3. The van der Waals surface area contributed by atoms with Crippen LogP contribution >= 0.6 is 11.8 Å². The summed E-state index contributed by atoms with van der Waals surface area (Å²) in [5, 5.41) is 26.7. The second kappa shape index (κ2) is 16.1. The molecule has 0 aromatic carbocycles. The van der Waals surface area contributed by atoms with Gasteiger partial charge in [-0.15, -0.1) is 0 Å². The van der Waals surface area contributed by atoms with Crippen molar-refractivity contribution in [2.45, 2.75) is 70.3 Å². The van der Waals surface area contributed by atoms with Gasteiger partial charge in [0.25, 0.3) is 0 Å². The van der Waals surface area contributed by atoms with E-state index >= 15 is 0 Å². The fraction of sp³-hybridized carbons (Fsp3) is 0.750. The third-order valence-electron chi connectivity index (χ3n) is 4.84. The van der Waals surface area contributed by atoms with Gasteiger partial charge in [0.15, 0.2) is 5.96 Å². The van der Waals surface area contributed by atoms with E-state index in [1.165, 1.54) is 18.7 Å². The molecule has 0 fully saturated rings. The Morgan fingerprint density at radius 1 is 0.941 bits per heavy atom. The molecule has 0 spiro atoms. The zero-order chi connectivity index (χ0) is 26.4. The minimum Gasteiger partial charge on any atom is -0.480 e. The SMILES string of the molecule is CSCCC(NC(=O)C(NC(=O)C(N)CCCN=C(N)N)C(C)O)C(=O)NC(C(=O)O)C(C)C. The number of carboxylic acid groups (broad SMARTS) is 1. The van der Waals surface area contributed by atoms with E-state index in [-0.39, 0.29) is 31.3 Å². The largest absolute Gasteiger partial charge is 0.480 e. The standard InChI is InChI=1S/C20H39N7O6S/c1-10(2)14(19(32)33)26-17(30)13(7-9-34-4)25-18(31)15(11(3)28)27-16(29)12(21)6-5-8-24-20(22)23/h10-15,28H,5-9,21H2,1-4H3,(H,25,31)(H,26,30)(H,27,29)(H,32,33)(H4,22,23,24). The van der Waals surface area contributed by atoms with Crippen LogP contribution in [-0.4, -0.2) is 88.7 Å². The van der Waals surface area contributed by atoms with E-state index in [1.54, 1.807) is 13.8 Å². The highest BCUT2D eigenvalue weighted by Crippen LogP contribution is 2.07. The number of nitrogens with two attached hydrogens (primary N) is 3. The molecule has 14 heteroatoms. The highest BCUT2D eigenvalue weighted by Gasteiger charge is 2.32. The lowest BCUT2D eigenvalue weighted by atomic mass is 10.0. The van der Waals surface area contributed by atoms with Crippen molar-refractivity contribution >= 4 is 41.4 Å². The molecule has 0 rings (SSSR count). The predicted molar refractivity (Wildman–Crippen MR) is 131 cm³/mol. The number of aliphatic imine (C=N–C) groups is 1. The maximum atomic E-state index is 12.8. The van der Waals surface area contributed by atoms with Crippen LogP contribution in [0.1, 0.15) is 40.0 Å². The Labute approximate surface area is 204 Å². The number of nitrogens with zero attached hydrogens (tertiary/aromatic N) is 1. The van der Waals surface area contributed by atoms with Crippen molar-refractivity contribution < 1.29 is 29.4 Å². The number of hydrogen-bond acceptors (Lipinski definition) is 8. The van der Waals surface area contributed by atoms with Gasteiger partial charge in [-0.2, -0.15) is 11.8 Å². The third-order valence-corrected chi connectivity index (χ3v) is 5.49. The van der Waals surface area contributed by atoms with Gasteiger partial charge in [0.2, 0.25) is 17.7 Å². The Kier molecular flexibility index (Phi) is 14.9. The van der Waals surface area contributed by atoms with Crippen LogP contribution in [0.3, 0.4) is 0 Å². The van der Waals surface area contributed by atoms with Crippen LogP contribution in [0, 0.1) is 5.92 Å². The highest BCUT2D eigenvalue weighted by molar-refractivity contribution is 7.98. The van der Waals surface area contributed by atoms with Crippen LogP contribution < -0.4 is 33.2 Å². The van der Waals surface area contributed by atoms with E-state index in [2.05, 4.69) is 20.9 Å². The van der Waals surface area contributed by atoms with E-state index in [0.717, 1.165) is 0 Å². The first-order valence-electron chi connectivity index (χ1n) is 10.9. The molecule has 13 nitrogen and oxygen atoms in total. The average molecular weight is 506 g/mol. The molecule has 0 aliphatic carbocycles. The van der Waals surface area contributed by atoms with Crippen molar-refractivity contribution in [1.29, 1.82) is 0 Å². The number of carboxylic acids is 1. The number of carbonyl (C=O) groups is 4. The van der Waals surface area contributed by atoms with Crippen LogP contribution in [0.25, 0.3) is 0 Å². The number of hydrogen-bond donors (Lipinski definition) is 8. The Bertz CT molecular complexity index is 716. The number of thioether (sulfide) groups is 1. The van der Waals surface area contributed by atoms with Gasteiger partial charge in [-0.05, 0) is 44.1 Å². The molecular formula is C20H39N7O6S. The number of guanidine groups is 1. The topological polar surface area (TPSA) is 235 Å². The molecule has 0 radical (unpaired) electrons. The van der Waals surface area contributed by atoms with Gasteiger partial charge in [-0.1, -0.05) is 13.8 Å². The van der Waals surface area contributed by atoms with Gasteiger partial charge in [-0.3, -0.25) is 19.4 Å². The molecule has 196 valence electrons. The van der Waals surface area contributed by atoms with Crippen molar-refractivity contribution in [2.24, 2.45) is 28.1 Å². The fourth-order valence-electron chi connectivity index (χ4n) is 2.85. The predicted octanol–water partition coefficient (Wildman–Crippen LogP) is -2.30. The van der Waals surface area contributed by atoms with Crippen molar-refractivity contribution in [3.63, 3.8) is 0 Å². The number of aliphatic hydroxyl groups is 1. The van der Waals surface area contributed by atoms with Gasteiger partial charge in [0.1, 0.15) is 18.1 Å². The van der Waals surface area contributed by atoms with Crippen molar-refractivity contribution in [3.05, 3.63) is 0 Å². The first kappa shape index (κ1) is 31.4. The molecular weight excluding hydrogens is 466 g/mol. The van der Waals surface area contributed by atoms with Gasteiger partial charge in [0, 0.05) is 6.54 Å². The molecule has 0 aliphatic heterocycles. The lowest BCUT2D eigenvalue weighted by Gasteiger charge is -2.27. The van der Waals surface area contributed by atoms with E-state index in [4.69, 9.17) is 17.2 Å². The number of rotatable bonds is 16. The number of carbonyl (C=O) groups excluding carboxylic acids is 3. The molecule has 5 atom stereocenters. The number of aliphatic carboxylic acids is 1. The molecule has 0 bridgehead atoms. The van der Waals surface area contributed by atoms with Gasteiger partial charge < -0.3 is 43.4 Å². The summed E-state index contributed by atoms with van der Waals surface area (Å²) in [6, 6.07) is -4.54. The zero-order valence-electron chi connectivity index (χ0n) is 20.1. The van der Waals surface area contributed by atoms with Crippen LogP contribution in [0.2, 0.25) is 0 Å². The van der Waals surface area contributed by atoms with Crippen LogP contribution in [-0.2, 0) is 19.2 Å². The van der Waals surface area contributed by atoms with Gasteiger partial charge in [0.05, 0.1) is 12.1 Å². The lowest BCUT2D eigenvalue weighted by molar-refractivity contribution is -0.143. The molecule has 0 aromatic rings. The van der Waals surface area contributed by atoms with E-state index < -0.39 is 54.0 Å². The summed E-state index contributed by atoms with van der Waals surface area (Å²) in [5.41, 5.74) is 16.3. The molecule has 11 N–H and O–H groups in total. The number of nitrogens with one attached hydrogen (secondary N) is 3. The number of aliphatic hydroxyl groups excluding tert-OH is 1. The zero-order valence-corrected chi connectivity index (χ0v) is 20.9. The summed E-state index contributed by atoms with van der Waals surface area (Å²) in [4.78, 5) is 53.2. The van der Waals surface area contributed by atoms with Crippen LogP contribution in [0.5, 0.6) is 0 Å². The summed E-state index contributed by atoms with van der Waals surface area (Å²) in [5.74, 6) is -3.28. The smallest absolute Gasteiger partial charge is 0.326 e. The van der Waals surface area contributed by atoms with Crippen molar-refractivity contribution in [3.8, 4) is 0 Å². The Morgan fingerprint density at radius 3 is 2.00 bits per heavy atom. The van der Waals surface area contributed by atoms with E-state index in [1.807, 2.05) is 6.26 Å². The highest BCUT2D eigenvalue weighted by atomic mass is 32.2. The molecule has 34 heavy (non-hydrogen) atoms. The normalized spacial score (nSPS) is 15.4. The summed E-state index contributed by atoms with van der Waals surface area (Å²) in [6.07, 6.45) is 1.41. The summed E-state index contributed by atoms with van der Waals surface area (Å²) in [7, 11) is 0. The minimum atomic E-state index is -1.37. The minimum absolute atomic E-state index is 0.0769. The third kappa shape index (κ3) is 12.0. The first-order chi connectivity index (χ1) is 15.8. The fourth-order valence-corrected chi connectivity index (χ4v) is 3.32. The van der Waals surface area contributed by atoms with E-state index in [0.29, 0.717) is 12.2 Å². The second-order valence-corrected chi connectivity index (χ2v) is 9.18. The summed E-state index contributed by atoms with van der Waals surface area (Å²) < 4.78 is 0. The average Bonchev–Trinajstić information content (AvgIpc) is 2.74. The molecule has 0 aliphatic rings. The second-order valence-electron chi connectivity index (χ2n) is 8.19. The molecule has 5 unspecified atom stereocenters. The maximum Gasteiger partial charge on any atom is 0.326 e. The van der Waals surface area contributed by atoms with Crippen molar-refractivity contribution in [2.75, 3.05) is 18.6 Å². The van der Waals surface area contributed by atoms with Crippen LogP contribution in [0.4, 0.5) is 0 Å². The molecule has 0 saturated carbocycles. The quantitative estimate of drug-likeness (QED) is 0.0634. The summed E-state index contributed by atoms with van der Waals surface area (Å²) in [6.45, 7) is 4.89. The van der Waals surface area contributed by atoms with Gasteiger partial charge in [-0.25, -0.2) is 4.79 Å².